The average molecular weight is 259 g/mol. The molecule has 0 aliphatic carbocycles. The van der Waals surface area contributed by atoms with E-state index in [1.54, 1.807) is 0 Å². The number of hydrazone groups is 1. The highest BCUT2D eigenvalue weighted by molar-refractivity contribution is 5.65. The van der Waals surface area contributed by atoms with Crippen molar-refractivity contribution in [2.24, 2.45) is 11.0 Å². The maximum absolute atomic E-state index is 4.58. The number of hydrogen-bond donors (Lipinski definition) is 0. The van der Waals surface area contributed by atoms with E-state index in [-0.39, 0.29) is 0 Å². The first-order valence-electron chi connectivity index (χ1n) is 7.43. The molecule has 1 aromatic rings. The molecule has 1 unspecified atom stereocenters. The fourth-order valence-corrected chi connectivity index (χ4v) is 2.47. The minimum Gasteiger partial charge on any atom is -0.248 e. The van der Waals surface area contributed by atoms with Crippen LogP contribution < -0.4 is 5.01 Å². The number of fused-ring (bicyclic) bond motifs is 1. The van der Waals surface area contributed by atoms with Gasteiger partial charge >= 0.3 is 0 Å². The van der Waals surface area contributed by atoms with Gasteiger partial charge in [0.05, 0.1) is 0 Å². The Bertz CT molecular complexity index is 426. The van der Waals surface area contributed by atoms with Crippen LogP contribution in [0.4, 0.5) is 5.82 Å². The van der Waals surface area contributed by atoms with Gasteiger partial charge in [-0.25, -0.2) is 9.99 Å². The zero-order chi connectivity index (χ0) is 13.7. The predicted molar refractivity (Wildman–Crippen MR) is 81.8 cm³/mol. The molecule has 1 aliphatic rings. The summed E-state index contributed by atoms with van der Waals surface area (Å²) >= 11 is 0. The van der Waals surface area contributed by atoms with Gasteiger partial charge in [0, 0.05) is 19.0 Å². The van der Waals surface area contributed by atoms with Crippen molar-refractivity contribution < 1.29 is 0 Å². The Morgan fingerprint density at radius 2 is 2.21 bits per heavy atom. The highest BCUT2D eigenvalue weighted by Gasteiger charge is 2.18. The number of nitrogens with zero attached hydrogens (tertiary/aromatic N) is 3. The van der Waals surface area contributed by atoms with Crippen molar-refractivity contribution in [2.45, 2.75) is 52.4 Å². The molecule has 1 atom stereocenters. The molecular formula is C16H25N3. The topological polar surface area (TPSA) is 28.5 Å². The quantitative estimate of drug-likeness (QED) is 0.741. The molecule has 2 rings (SSSR count). The molecule has 0 N–H and O–H groups in total. The van der Waals surface area contributed by atoms with Crippen molar-refractivity contribution in [3.8, 4) is 0 Å². The molecular weight excluding hydrogens is 234 g/mol. The van der Waals surface area contributed by atoms with Gasteiger partial charge in [0.15, 0.2) is 5.82 Å². The number of anilines is 1. The van der Waals surface area contributed by atoms with Crippen molar-refractivity contribution in [3.63, 3.8) is 0 Å². The third-order valence-corrected chi connectivity index (χ3v) is 3.67. The smallest absolute Gasteiger partial charge is 0.152 e. The van der Waals surface area contributed by atoms with Gasteiger partial charge in [-0.1, -0.05) is 39.7 Å². The summed E-state index contributed by atoms with van der Waals surface area (Å²) in [4.78, 5) is 4.54. The van der Waals surface area contributed by atoms with Crippen molar-refractivity contribution >= 4 is 12.0 Å². The first-order chi connectivity index (χ1) is 9.18. The first-order valence-corrected chi connectivity index (χ1v) is 7.43. The Balaban J connectivity index is 2.02. The molecule has 0 saturated heterocycles. The number of aromatic nitrogens is 1. The van der Waals surface area contributed by atoms with Crippen LogP contribution in [-0.2, 0) is 0 Å². The second kappa shape index (κ2) is 6.69. The standard InChI is InChI=1S/C16H25N3/c1-13(2)7-4-5-12-19-16-15(8-6-10-17-16)14(3)9-11-18-19/h6,8,10-11,13-14H,4-5,7,9,12H2,1-3H3. The van der Waals surface area contributed by atoms with Crippen LogP contribution in [0.25, 0.3) is 0 Å². The molecule has 0 bridgehead atoms. The summed E-state index contributed by atoms with van der Waals surface area (Å²) in [6, 6.07) is 4.21. The number of unbranched alkanes of at least 4 members (excludes halogenated alkanes) is 1. The van der Waals surface area contributed by atoms with E-state index >= 15 is 0 Å². The molecule has 0 radical (unpaired) electrons. The van der Waals surface area contributed by atoms with Gasteiger partial charge < -0.3 is 0 Å². The van der Waals surface area contributed by atoms with E-state index in [9.17, 15) is 0 Å². The van der Waals surface area contributed by atoms with Crippen molar-refractivity contribution in [1.82, 2.24) is 4.98 Å². The Morgan fingerprint density at radius 1 is 1.37 bits per heavy atom. The Labute approximate surface area is 116 Å². The van der Waals surface area contributed by atoms with E-state index in [2.05, 4.69) is 41.9 Å². The normalized spacial score (nSPS) is 18.5. The van der Waals surface area contributed by atoms with E-state index in [1.807, 2.05) is 18.5 Å². The minimum atomic E-state index is 0.508. The van der Waals surface area contributed by atoms with E-state index in [0.717, 1.165) is 24.7 Å². The molecule has 19 heavy (non-hydrogen) atoms. The number of hydrogen-bond acceptors (Lipinski definition) is 3. The minimum absolute atomic E-state index is 0.508. The molecule has 0 amide bonds. The fraction of sp³-hybridized carbons (Fsp3) is 0.625. The zero-order valence-corrected chi connectivity index (χ0v) is 12.3. The lowest BCUT2D eigenvalue weighted by atomic mass is 9.99. The highest BCUT2D eigenvalue weighted by atomic mass is 15.5. The summed E-state index contributed by atoms with van der Waals surface area (Å²) in [5.74, 6) is 2.35. The molecule has 1 aliphatic heterocycles. The predicted octanol–water partition coefficient (Wildman–Crippen LogP) is 4.21. The zero-order valence-electron chi connectivity index (χ0n) is 12.3. The fourth-order valence-electron chi connectivity index (χ4n) is 2.47. The lowest BCUT2D eigenvalue weighted by Crippen LogP contribution is -2.19. The molecule has 2 heterocycles. The maximum atomic E-state index is 4.58. The van der Waals surface area contributed by atoms with Crippen LogP contribution in [0.2, 0.25) is 0 Å². The molecule has 1 aromatic heterocycles. The average Bonchev–Trinajstić information content (AvgIpc) is 2.55. The van der Waals surface area contributed by atoms with Crippen molar-refractivity contribution in [1.29, 1.82) is 0 Å². The van der Waals surface area contributed by atoms with Crippen LogP contribution in [0.1, 0.15) is 57.9 Å². The summed E-state index contributed by atoms with van der Waals surface area (Å²) in [5, 5.41) is 6.66. The van der Waals surface area contributed by atoms with Crippen molar-refractivity contribution in [2.75, 3.05) is 11.6 Å². The summed E-state index contributed by atoms with van der Waals surface area (Å²) in [6.07, 6.45) is 8.65. The van der Waals surface area contributed by atoms with Crippen LogP contribution >= 0.6 is 0 Å². The summed E-state index contributed by atoms with van der Waals surface area (Å²) < 4.78 is 0. The highest BCUT2D eigenvalue weighted by Crippen LogP contribution is 2.29. The maximum Gasteiger partial charge on any atom is 0.152 e. The van der Waals surface area contributed by atoms with Crippen LogP contribution in [0, 0.1) is 5.92 Å². The first kappa shape index (κ1) is 14.0. The molecule has 0 aromatic carbocycles. The summed E-state index contributed by atoms with van der Waals surface area (Å²) in [7, 11) is 0. The van der Waals surface area contributed by atoms with Gasteiger partial charge in [-0.05, 0) is 36.3 Å². The molecule has 104 valence electrons. The van der Waals surface area contributed by atoms with Gasteiger partial charge in [-0.3, -0.25) is 0 Å². The third kappa shape index (κ3) is 3.79. The molecule has 3 heteroatoms. The van der Waals surface area contributed by atoms with E-state index in [1.165, 1.54) is 24.8 Å². The van der Waals surface area contributed by atoms with Crippen LogP contribution in [0.15, 0.2) is 23.4 Å². The Morgan fingerprint density at radius 3 is 3.00 bits per heavy atom. The van der Waals surface area contributed by atoms with Gasteiger partial charge in [-0.15, -0.1) is 0 Å². The van der Waals surface area contributed by atoms with Crippen molar-refractivity contribution in [3.05, 3.63) is 23.9 Å². The largest absolute Gasteiger partial charge is 0.248 e. The van der Waals surface area contributed by atoms with Gasteiger partial charge in [0.1, 0.15) is 0 Å². The summed E-state index contributed by atoms with van der Waals surface area (Å²) in [6.45, 7) is 7.78. The van der Waals surface area contributed by atoms with Gasteiger partial charge in [0.2, 0.25) is 0 Å². The van der Waals surface area contributed by atoms with Crippen LogP contribution in [0.5, 0.6) is 0 Å². The Hall–Kier alpha value is -1.38. The van der Waals surface area contributed by atoms with Crippen LogP contribution in [0.3, 0.4) is 0 Å². The lowest BCUT2D eigenvalue weighted by molar-refractivity contribution is 0.535. The van der Waals surface area contributed by atoms with Gasteiger partial charge in [-0.2, -0.15) is 5.10 Å². The monoisotopic (exact) mass is 259 g/mol. The summed E-state index contributed by atoms with van der Waals surface area (Å²) in [5.41, 5.74) is 1.32. The number of pyridine rings is 1. The van der Waals surface area contributed by atoms with E-state index < -0.39 is 0 Å². The SMILES string of the molecule is CC(C)CCCCN1N=CCC(C)c2cccnc21. The molecule has 0 spiro atoms. The third-order valence-electron chi connectivity index (χ3n) is 3.67. The number of rotatable bonds is 5. The second-order valence-electron chi connectivity index (χ2n) is 5.86. The molecule has 3 nitrogen and oxygen atoms in total. The van der Waals surface area contributed by atoms with Gasteiger partial charge in [0.25, 0.3) is 0 Å². The molecule has 0 saturated carbocycles. The van der Waals surface area contributed by atoms with E-state index in [0.29, 0.717) is 5.92 Å². The van der Waals surface area contributed by atoms with E-state index in [4.69, 9.17) is 0 Å². The van der Waals surface area contributed by atoms with Crippen LogP contribution in [-0.4, -0.2) is 17.7 Å². The second-order valence-corrected chi connectivity index (χ2v) is 5.86. The molecule has 0 fully saturated rings. The Kier molecular flexibility index (Phi) is 4.94. The lowest BCUT2D eigenvalue weighted by Gasteiger charge is -2.20.